The summed E-state index contributed by atoms with van der Waals surface area (Å²) in [6, 6.07) is 1.84. The van der Waals surface area contributed by atoms with E-state index in [2.05, 4.69) is 15.5 Å². The number of aliphatic hydroxyl groups excluding tert-OH is 1. The van der Waals surface area contributed by atoms with Crippen LogP contribution in [0.3, 0.4) is 0 Å². The Morgan fingerprint density at radius 3 is 2.81 bits per heavy atom. The molecule has 0 aromatic carbocycles. The lowest BCUT2D eigenvalue weighted by Crippen LogP contribution is -2.38. The summed E-state index contributed by atoms with van der Waals surface area (Å²) in [6.45, 7) is 6.80. The highest BCUT2D eigenvalue weighted by atomic mass is 16.4. The van der Waals surface area contributed by atoms with Crippen molar-refractivity contribution in [3.63, 3.8) is 0 Å². The number of piperidine rings is 2. The molecule has 2 fully saturated rings. The number of amides is 1. The SMILES string of the molecule is Cc1cc(C2CCCNC2)oc(=O)c1C(=O)NCCCN1CCC(O)CC1. The summed E-state index contributed by atoms with van der Waals surface area (Å²) in [7, 11) is 0. The third-order valence-corrected chi connectivity index (χ3v) is 5.59. The van der Waals surface area contributed by atoms with Crippen molar-refractivity contribution in [2.45, 2.75) is 51.0 Å². The van der Waals surface area contributed by atoms with E-state index in [-0.39, 0.29) is 23.5 Å². The van der Waals surface area contributed by atoms with Gasteiger partial charge in [-0.15, -0.1) is 0 Å². The monoisotopic (exact) mass is 377 g/mol. The molecule has 0 aliphatic carbocycles. The fraction of sp³-hybridized carbons (Fsp3) is 0.700. The molecule has 1 atom stereocenters. The predicted molar refractivity (Wildman–Crippen MR) is 103 cm³/mol. The lowest BCUT2D eigenvalue weighted by molar-refractivity contribution is 0.0816. The van der Waals surface area contributed by atoms with Gasteiger partial charge in [0.1, 0.15) is 11.3 Å². The molecular weight excluding hydrogens is 346 g/mol. The van der Waals surface area contributed by atoms with Crippen LogP contribution < -0.4 is 16.3 Å². The summed E-state index contributed by atoms with van der Waals surface area (Å²) in [6.07, 6.45) is 4.33. The van der Waals surface area contributed by atoms with Crippen molar-refractivity contribution in [2.24, 2.45) is 0 Å². The second-order valence-corrected chi connectivity index (χ2v) is 7.72. The van der Waals surface area contributed by atoms with E-state index in [0.717, 1.165) is 64.8 Å². The number of nitrogens with zero attached hydrogens (tertiary/aromatic N) is 1. The normalized spacial score (nSPS) is 21.9. The van der Waals surface area contributed by atoms with E-state index >= 15 is 0 Å². The Bertz CT molecular complexity index is 689. The van der Waals surface area contributed by atoms with Crippen molar-refractivity contribution in [1.82, 2.24) is 15.5 Å². The van der Waals surface area contributed by atoms with Gasteiger partial charge in [0.05, 0.1) is 6.10 Å². The van der Waals surface area contributed by atoms with E-state index in [1.54, 1.807) is 6.92 Å². The van der Waals surface area contributed by atoms with Crippen molar-refractivity contribution in [3.8, 4) is 0 Å². The molecule has 0 spiro atoms. The van der Waals surface area contributed by atoms with Crippen LogP contribution >= 0.6 is 0 Å². The molecule has 7 nitrogen and oxygen atoms in total. The number of likely N-dealkylation sites (tertiary alicyclic amines) is 1. The third-order valence-electron chi connectivity index (χ3n) is 5.59. The zero-order valence-electron chi connectivity index (χ0n) is 16.1. The van der Waals surface area contributed by atoms with Gasteiger partial charge >= 0.3 is 5.63 Å². The lowest BCUT2D eigenvalue weighted by atomic mass is 9.95. The van der Waals surface area contributed by atoms with Gasteiger partial charge in [0, 0.05) is 32.1 Å². The van der Waals surface area contributed by atoms with Crippen molar-refractivity contribution in [3.05, 3.63) is 33.4 Å². The number of aryl methyl sites for hydroxylation is 1. The maximum absolute atomic E-state index is 12.4. The van der Waals surface area contributed by atoms with Gasteiger partial charge in [-0.1, -0.05) is 0 Å². The first-order valence-corrected chi connectivity index (χ1v) is 10.1. The summed E-state index contributed by atoms with van der Waals surface area (Å²) in [4.78, 5) is 27.1. The Balaban J connectivity index is 1.51. The second kappa shape index (κ2) is 9.48. The first-order valence-electron chi connectivity index (χ1n) is 10.1. The molecule has 2 aliphatic heterocycles. The van der Waals surface area contributed by atoms with E-state index in [4.69, 9.17) is 4.42 Å². The van der Waals surface area contributed by atoms with Gasteiger partial charge in [-0.25, -0.2) is 4.79 Å². The van der Waals surface area contributed by atoms with E-state index in [0.29, 0.717) is 17.9 Å². The molecule has 1 unspecified atom stereocenters. The topological polar surface area (TPSA) is 94.8 Å². The van der Waals surface area contributed by atoms with Gasteiger partial charge in [-0.3, -0.25) is 4.79 Å². The van der Waals surface area contributed by atoms with Gasteiger partial charge in [0.2, 0.25) is 0 Å². The van der Waals surface area contributed by atoms with Crippen LogP contribution in [0.2, 0.25) is 0 Å². The predicted octanol–water partition coefficient (Wildman–Crippen LogP) is 0.992. The molecule has 2 saturated heterocycles. The molecule has 7 heteroatoms. The quantitative estimate of drug-likeness (QED) is 0.640. The van der Waals surface area contributed by atoms with Crippen molar-refractivity contribution >= 4 is 5.91 Å². The van der Waals surface area contributed by atoms with Crippen LogP contribution in [0.1, 0.15) is 59.7 Å². The minimum Gasteiger partial charge on any atom is -0.427 e. The summed E-state index contributed by atoms with van der Waals surface area (Å²) >= 11 is 0. The molecule has 3 rings (SSSR count). The van der Waals surface area contributed by atoms with Crippen LogP contribution in [-0.4, -0.2) is 61.3 Å². The highest BCUT2D eigenvalue weighted by Crippen LogP contribution is 2.23. The van der Waals surface area contributed by atoms with E-state index in [1.807, 2.05) is 6.07 Å². The van der Waals surface area contributed by atoms with Crippen molar-refractivity contribution in [1.29, 1.82) is 0 Å². The maximum Gasteiger partial charge on any atom is 0.349 e. The molecular formula is C20H31N3O4. The first-order chi connectivity index (χ1) is 13.0. The van der Waals surface area contributed by atoms with Crippen LogP contribution in [0.25, 0.3) is 0 Å². The minimum absolute atomic E-state index is 0.114. The zero-order chi connectivity index (χ0) is 19.2. The summed E-state index contributed by atoms with van der Waals surface area (Å²) in [5.41, 5.74) is 0.246. The largest absolute Gasteiger partial charge is 0.427 e. The van der Waals surface area contributed by atoms with Gasteiger partial charge in [-0.2, -0.15) is 0 Å². The number of rotatable bonds is 6. The second-order valence-electron chi connectivity index (χ2n) is 7.72. The third kappa shape index (κ3) is 5.40. The van der Waals surface area contributed by atoms with E-state index in [9.17, 15) is 14.7 Å². The van der Waals surface area contributed by atoms with Gasteiger partial charge < -0.3 is 25.1 Å². The summed E-state index contributed by atoms with van der Waals surface area (Å²) < 4.78 is 5.47. The molecule has 2 aliphatic rings. The Hall–Kier alpha value is -1.70. The molecule has 0 radical (unpaired) electrons. The number of carbonyl (C=O) groups is 1. The van der Waals surface area contributed by atoms with Gasteiger partial charge in [-0.05, 0) is 63.7 Å². The van der Waals surface area contributed by atoms with E-state index < -0.39 is 5.63 Å². The standard InChI is InChI=1S/C20H31N3O4/c1-14-12-17(15-4-2-7-21-13-15)27-20(26)18(14)19(25)22-8-3-9-23-10-5-16(24)6-11-23/h12,15-16,21,24H,2-11,13H2,1H3,(H,22,25). The molecule has 27 heavy (non-hydrogen) atoms. The first kappa shape index (κ1) is 20.0. The Morgan fingerprint density at radius 2 is 2.15 bits per heavy atom. The molecule has 1 aromatic rings. The van der Waals surface area contributed by atoms with Gasteiger partial charge in [0.15, 0.2) is 0 Å². The Kier molecular flexibility index (Phi) is 7.04. The number of carbonyl (C=O) groups excluding carboxylic acids is 1. The molecule has 3 heterocycles. The highest BCUT2D eigenvalue weighted by Gasteiger charge is 2.22. The van der Waals surface area contributed by atoms with Crippen molar-refractivity contribution in [2.75, 3.05) is 39.3 Å². The van der Waals surface area contributed by atoms with Crippen LogP contribution in [0.15, 0.2) is 15.3 Å². The smallest absolute Gasteiger partial charge is 0.349 e. The molecule has 150 valence electrons. The Labute approximate surface area is 160 Å². The van der Waals surface area contributed by atoms with Crippen LogP contribution in [-0.2, 0) is 0 Å². The van der Waals surface area contributed by atoms with Gasteiger partial charge in [0.25, 0.3) is 5.91 Å². The molecule has 1 aromatic heterocycles. The number of hydrogen-bond donors (Lipinski definition) is 3. The Morgan fingerprint density at radius 1 is 1.37 bits per heavy atom. The number of nitrogens with one attached hydrogen (secondary N) is 2. The summed E-state index contributed by atoms with van der Waals surface area (Å²) in [5.74, 6) is 0.516. The molecule has 1 amide bonds. The van der Waals surface area contributed by atoms with Crippen LogP contribution in [0.5, 0.6) is 0 Å². The molecule has 3 N–H and O–H groups in total. The fourth-order valence-corrected chi connectivity index (χ4v) is 3.94. The average molecular weight is 377 g/mol. The van der Waals surface area contributed by atoms with Crippen LogP contribution in [0, 0.1) is 6.92 Å². The van der Waals surface area contributed by atoms with Crippen molar-refractivity contribution < 1.29 is 14.3 Å². The highest BCUT2D eigenvalue weighted by molar-refractivity contribution is 5.95. The minimum atomic E-state index is -0.543. The number of hydrogen-bond acceptors (Lipinski definition) is 6. The average Bonchev–Trinajstić information content (AvgIpc) is 2.67. The molecule has 0 bridgehead atoms. The summed E-state index contributed by atoms with van der Waals surface area (Å²) in [5, 5.41) is 15.7. The van der Waals surface area contributed by atoms with Crippen LogP contribution in [0.4, 0.5) is 0 Å². The zero-order valence-corrected chi connectivity index (χ0v) is 16.1. The molecule has 0 saturated carbocycles. The fourth-order valence-electron chi connectivity index (χ4n) is 3.94. The maximum atomic E-state index is 12.4. The van der Waals surface area contributed by atoms with E-state index in [1.165, 1.54) is 0 Å². The lowest BCUT2D eigenvalue weighted by Gasteiger charge is -2.29. The number of aliphatic hydroxyl groups is 1.